The summed E-state index contributed by atoms with van der Waals surface area (Å²) in [5, 5.41) is 7.88. The predicted molar refractivity (Wildman–Crippen MR) is 165 cm³/mol. The SMILES string of the molecule is O=c1c2cnc(Nc3ccc([N+]4(C5CCNCC5)CCCCC4)cc3)nc2n2ccnc2n1-c1c(Cl)cccc1Cl. The molecule has 7 rings (SSSR count). The number of piperidine rings is 2. The van der Waals surface area contributed by atoms with E-state index in [1.807, 2.05) is 0 Å². The summed E-state index contributed by atoms with van der Waals surface area (Å²) in [5.74, 6) is 0.758. The van der Waals surface area contributed by atoms with Gasteiger partial charge in [-0.25, -0.2) is 14.5 Å². The molecule has 0 aliphatic carbocycles. The van der Waals surface area contributed by atoms with Gasteiger partial charge in [-0.2, -0.15) is 4.98 Å². The molecule has 3 aromatic heterocycles. The van der Waals surface area contributed by atoms with Gasteiger partial charge < -0.3 is 10.6 Å². The van der Waals surface area contributed by atoms with Crippen molar-refractivity contribution in [2.75, 3.05) is 31.5 Å². The van der Waals surface area contributed by atoms with Crippen molar-refractivity contribution in [2.24, 2.45) is 0 Å². The molecular weight excluding hydrogens is 559 g/mol. The van der Waals surface area contributed by atoms with Crippen molar-refractivity contribution in [3.8, 4) is 5.69 Å². The second kappa shape index (κ2) is 10.7. The molecule has 5 heterocycles. The van der Waals surface area contributed by atoms with E-state index >= 15 is 0 Å². The van der Waals surface area contributed by atoms with Gasteiger partial charge in [0.15, 0.2) is 5.65 Å². The lowest BCUT2D eigenvalue weighted by Gasteiger charge is -2.48. The fraction of sp³-hybridized carbons (Fsp3) is 0.333. The molecule has 9 nitrogen and oxygen atoms in total. The molecule has 210 valence electrons. The number of fused-ring (bicyclic) bond motifs is 3. The van der Waals surface area contributed by atoms with Crippen molar-refractivity contribution in [2.45, 2.75) is 38.1 Å². The molecule has 2 aliphatic heterocycles. The van der Waals surface area contributed by atoms with Crippen LogP contribution in [0.25, 0.3) is 22.5 Å². The van der Waals surface area contributed by atoms with Crippen molar-refractivity contribution in [1.29, 1.82) is 0 Å². The predicted octanol–water partition coefficient (Wildman–Crippen LogP) is 5.72. The van der Waals surface area contributed by atoms with Crippen molar-refractivity contribution < 1.29 is 0 Å². The van der Waals surface area contributed by atoms with E-state index in [0.29, 0.717) is 44.5 Å². The summed E-state index contributed by atoms with van der Waals surface area (Å²) < 4.78 is 4.24. The van der Waals surface area contributed by atoms with Crippen LogP contribution >= 0.6 is 23.2 Å². The van der Waals surface area contributed by atoms with Gasteiger partial charge in [-0.1, -0.05) is 29.3 Å². The fourth-order valence-electron chi connectivity index (χ4n) is 6.69. The van der Waals surface area contributed by atoms with Crippen LogP contribution in [0.3, 0.4) is 0 Å². The average Bonchev–Trinajstić information content (AvgIpc) is 3.50. The van der Waals surface area contributed by atoms with Gasteiger partial charge in [-0.05, 0) is 43.5 Å². The van der Waals surface area contributed by atoms with Crippen LogP contribution in [0, 0.1) is 0 Å². The highest BCUT2D eigenvalue weighted by Gasteiger charge is 2.40. The number of imidazole rings is 1. The number of halogens is 2. The second-order valence-electron chi connectivity index (χ2n) is 10.9. The first-order valence-corrected chi connectivity index (χ1v) is 15.0. The topological polar surface area (TPSA) is 89.1 Å². The number of hydrogen-bond acceptors (Lipinski definition) is 6. The van der Waals surface area contributed by atoms with Crippen LogP contribution in [0.2, 0.25) is 10.0 Å². The number of likely N-dealkylation sites (tertiary alicyclic amines) is 1. The number of quaternary nitrogens is 1. The number of rotatable bonds is 5. The van der Waals surface area contributed by atoms with Crippen LogP contribution < -0.4 is 20.7 Å². The number of nitrogens with zero attached hydrogens (tertiary/aromatic N) is 6. The van der Waals surface area contributed by atoms with Gasteiger partial charge in [0.25, 0.3) is 5.56 Å². The Labute approximate surface area is 247 Å². The minimum Gasteiger partial charge on any atom is -0.324 e. The van der Waals surface area contributed by atoms with E-state index < -0.39 is 0 Å². The molecule has 0 atom stereocenters. The summed E-state index contributed by atoms with van der Waals surface area (Å²) in [6.07, 6.45) is 11.2. The van der Waals surface area contributed by atoms with E-state index in [-0.39, 0.29) is 5.56 Å². The lowest BCUT2D eigenvalue weighted by atomic mass is 9.95. The number of nitrogens with one attached hydrogen (secondary N) is 2. The lowest BCUT2D eigenvalue weighted by molar-refractivity contribution is 0.139. The number of hydrogen-bond donors (Lipinski definition) is 2. The summed E-state index contributed by atoms with van der Waals surface area (Å²) in [4.78, 5) is 27.3. The van der Waals surface area contributed by atoms with Crippen molar-refractivity contribution in [1.82, 2.24) is 33.7 Å². The molecule has 0 amide bonds. The molecule has 0 unspecified atom stereocenters. The maximum Gasteiger partial charge on any atom is 0.270 e. The van der Waals surface area contributed by atoms with Crippen molar-refractivity contribution >= 4 is 57.3 Å². The first-order chi connectivity index (χ1) is 20.0. The third-order valence-corrected chi connectivity index (χ3v) is 9.28. The van der Waals surface area contributed by atoms with E-state index in [9.17, 15) is 4.79 Å². The zero-order valence-corrected chi connectivity index (χ0v) is 24.1. The third-order valence-electron chi connectivity index (χ3n) is 8.67. The smallest absolute Gasteiger partial charge is 0.270 e. The monoisotopic (exact) mass is 589 g/mol. The highest BCUT2D eigenvalue weighted by Crippen LogP contribution is 2.36. The Morgan fingerprint density at radius 1 is 0.951 bits per heavy atom. The molecule has 41 heavy (non-hydrogen) atoms. The molecule has 11 heteroatoms. The fourth-order valence-corrected chi connectivity index (χ4v) is 7.26. The van der Waals surface area contributed by atoms with E-state index in [4.69, 9.17) is 28.2 Å². The molecular formula is C30H31Cl2N8O+. The first kappa shape index (κ1) is 26.4. The van der Waals surface area contributed by atoms with E-state index in [1.54, 1.807) is 35.0 Å². The van der Waals surface area contributed by atoms with Crippen LogP contribution in [0.1, 0.15) is 32.1 Å². The maximum atomic E-state index is 13.6. The highest BCUT2D eigenvalue weighted by atomic mass is 35.5. The van der Waals surface area contributed by atoms with Crippen LogP contribution in [0.4, 0.5) is 17.3 Å². The summed E-state index contributed by atoms with van der Waals surface area (Å²) in [6, 6.07) is 14.5. The van der Waals surface area contributed by atoms with E-state index in [1.165, 1.54) is 61.6 Å². The van der Waals surface area contributed by atoms with Crippen LogP contribution in [0.5, 0.6) is 0 Å². The van der Waals surface area contributed by atoms with Gasteiger partial charge in [0, 0.05) is 62.3 Å². The summed E-state index contributed by atoms with van der Waals surface area (Å²) in [6.45, 7) is 4.63. The lowest BCUT2D eigenvalue weighted by Crippen LogP contribution is -2.62. The van der Waals surface area contributed by atoms with Crippen LogP contribution in [0.15, 0.2) is 65.8 Å². The Morgan fingerprint density at radius 3 is 2.41 bits per heavy atom. The Hall–Kier alpha value is -3.50. The van der Waals surface area contributed by atoms with Gasteiger partial charge >= 0.3 is 0 Å². The molecule has 0 bridgehead atoms. The zero-order chi connectivity index (χ0) is 28.0. The number of anilines is 2. The minimum absolute atomic E-state index is 0.325. The normalized spacial score (nSPS) is 17.7. The summed E-state index contributed by atoms with van der Waals surface area (Å²) in [7, 11) is 0. The number of aromatic nitrogens is 5. The third kappa shape index (κ3) is 4.57. The Bertz CT molecular complexity index is 1770. The zero-order valence-electron chi connectivity index (χ0n) is 22.6. The second-order valence-corrected chi connectivity index (χ2v) is 11.7. The molecule has 0 spiro atoms. The van der Waals surface area contributed by atoms with Crippen LogP contribution in [-0.2, 0) is 0 Å². The van der Waals surface area contributed by atoms with Gasteiger partial charge in [0.1, 0.15) is 11.1 Å². The molecule has 2 aromatic carbocycles. The van der Waals surface area contributed by atoms with Gasteiger partial charge in [-0.15, -0.1) is 0 Å². The van der Waals surface area contributed by atoms with Crippen LogP contribution in [-0.4, -0.2) is 56.1 Å². The molecule has 0 saturated carbocycles. The largest absolute Gasteiger partial charge is 0.324 e. The summed E-state index contributed by atoms with van der Waals surface area (Å²) in [5.41, 5.74) is 2.75. The van der Waals surface area contributed by atoms with E-state index in [0.717, 1.165) is 23.3 Å². The Morgan fingerprint density at radius 2 is 1.68 bits per heavy atom. The van der Waals surface area contributed by atoms with Gasteiger partial charge in [-0.3, -0.25) is 13.7 Å². The standard InChI is InChI=1S/C30H30Cl2N8O/c31-24-5-4-6-25(32)26(24)39-28(41)23-19-35-29(37-27(23)38-16-15-34-30(38)39)36-20-7-9-21(10-8-20)40(17-2-1-3-18-40)22-11-13-33-14-12-22/h4-10,15-16,19,22,33H,1-3,11-14,17-18H2/p+1. The number of benzene rings is 2. The van der Waals surface area contributed by atoms with Crippen molar-refractivity contribution in [3.63, 3.8) is 0 Å². The molecule has 2 saturated heterocycles. The summed E-state index contributed by atoms with van der Waals surface area (Å²) >= 11 is 12.9. The average molecular weight is 591 g/mol. The minimum atomic E-state index is -0.349. The van der Waals surface area contributed by atoms with Crippen molar-refractivity contribution in [3.05, 3.63) is 81.5 Å². The molecule has 2 fully saturated rings. The molecule has 2 N–H and O–H groups in total. The quantitative estimate of drug-likeness (QED) is 0.255. The molecule has 0 radical (unpaired) electrons. The highest BCUT2D eigenvalue weighted by molar-refractivity contribution is 6.37. The first-order valence-electron chi connectivity index (χ1n) is 14.2. The Balaban J connectivity index is 1.23. The maximum absolute atomic E-state index is 13.6. The van der Waals surface area contributed by atoms with Gasteiger partial charge in [0.2, 0.25) is 11.7 Å². The number of para-hydroxylation sites is 1. The molecule has 2 aliphatic rings. The van der Waals surface area contributed by atoms with E-state index in [2.05, 4.69) is 44.9 Å². The Kier molecular flexibility index (Phi) is 6.90. The van der Waals surface area contributed by atoms with Gasteiger partial charge in [0.05, 0.1) is 34.9 Å². The molecule has 5 aromatic rings.